The van der Waals surface area contributed by atoms with Crippen LogP contribution in [0, 0.1) is 28.6 Å². The molecule has 3 fully saturated rings. The fourth-order valence-electron chi connectivity index (χ4n) is 7.41. The number of aliphatic hydroxyl groups is 3. The maximum atomic E-state index is 12.5. The summed E-state index contributed by atoms with van der Waals surface area (Å²) in [5, 5.41) is 32.2. The summed E-state index contributed by atoms with van der Waals surface area (Å²) in [7, 11) is -5.13. The van der Waals surface area contributed by atoms with Crippen LogP contribution in [-0.4, -0.2) is 51.2 Å². The van der Waals surface area contributed by atoms with Gasteiger partial charge in [-0.3, -0.25) is 14.4 Å². The normalized spacial score (nSPS) is 41.6. The maximum absolute atomic E-state index is 12.5. The van der Waals surface area contributed by atoms with Crippen molar-refractivity contribution in [3.8, 4) is 0 Å². The van der Waals surface area contributed by atoms with E-state index in [2.05, 4.69) is 4.52 Å². The van der Waals surface area contributed by atoms with Crippen LogP contribution in [0.15, 0.2) is 23.5 Å². The van der Waals surface area contributed by atoms with Crippen LogP contribution in [0.3, 0.4) is 0 Å². The molecule has 0 heterocycles. The van der Waals surface area contributed by atoms with E-state index in [1.165, 1.54) is 6.08 Å². The van der Waals surface area contributed by atoms with Crippen molar-refractivity contribution in [1.82, 2.24) is 0 Å². The molecule has 0 aromatic heterocycles. The molecular weight excluding hydrogens is 490 g/mol. The molecule has 0 bridgehead atoms. The number of allylic oxidation sites excluding steroid dienone is 3. The second-order valence-electron chi connectivity index (χ2n) is 10.4. The number of carbonyl (C=O) groups excluding carboxylic acids is 3. The molecule has 0 amide bonds. The Hall–Kier alpha value is -0.840. The predicted molar refractivity (Wildman–Crippen MR) is 114 cm³/mol. The van der Waals surface area contributed by atoms with Crippen molar-refractivity contribution in [2.24, 2.45) is 28.6 Å². The predicted octanol–water partition coefficient (Wildman–Crippen LogP) is -2.06. The van der Waals surface area contributed by atoms with Gasteiger partial charge in [0.25, 0.3) is 0 Å². The Bertz CT molecular complexity index is 1050. The second-order valence-corrected chi connectivity index (χ2v) is 11.7. The summed E-state index contributed by atoms with van der Waals surface area (Å²) in [6.07, 6.45) is 3.07. The van der Waals surface area contributed by atoms with Crippen LogP contribution >= 0.6 is 7.82 Å². The summed E-state index contributed by atoms with van der Waals surface area (Å²) in [6, 6.07) is 0. The molecule has 4 rings (SSSR count). The number of hydrogen-bond acceptors (Lipinski definition) is 10. The molecule has 12 heteroatoms. The minimum absolute atomic E-state index is 0. The fraction of sp³-hybridized carbons (Fsp3) is 0.696. The molecule has 0 aromatic rings. The van der Waals surface area contributed by atoms with Crippen molar-refractivity contribution < 1.29 is 77.8 Å². The second kappa shape index (κ2) is 9.48. The number of phosphoric acid groups is 1. The van der Waals surface area contributed by atoms with E-state index < -0.39 is 60.4 Å². The van der Waals surface area contributed by atoms with Gasteiger partial charge < -0.3 is 29.3 Å². The zero-order valence-corrected chi connectivity index (χ0v) is 23.2. The van der Waals surface area contributed by atoms with Gasteiger partial charge in [-0.25, -0.2) is 4.57 Å². The first-order valence-electron chi connectivity index (χ1n) is 11.4. The van der Waals surface area contributed by atoms with Crippen molar-refractivity contribution in [2.75, 3.05) is 6.61 Å². The number of aliphatic hydroxyl groups excluding tert-OH is 2. The zero-order chi connectivity index (χ0) is 25.3. The Morgan fingerprint density at radius 3 is 2.51 bits per heavy atom. The first kappa shape index (κ1) is 28.7. The molecule has 0 aromatic carbocycles. The summed E-state index contributed by atoms with van der Waals surface area (Å²) < 4.78 is 21.8. The number of ketones is 2. The standard InChI is InChI=1S/C23H31O10P.Na/c1-12(25)32-34(30,31)33-19-9-14(26)8-13-4-5-15-16-6-7-23(29,18(28)11-24)21(16,2)10-17(27)20(15)22(13,19)3;/h8-9,15-17,20,24,27,29H,4-7,10-11H2,1-3H3,(H,30,31);/q;+1/p-1/t15-,16-,17-,20+,21-,22+,23-;/m0./s1. The monoisotopic (exact) mass is 520 g/mol. The molecule has 0 aliphatic heterocycles. The van der Waals surface area contributed by atoms with Gasteiger partial charge in [-0.15, -0.1) is 0 Å². The van der Waals surface area contributed by atoms with Crippen molar-refractivity contribution in [3.63, 3.8) is 0 Å². The van der Waals surface area contributed by atoms with E-state index in [1.54, 1.807) is 13.8 Å². The molecular formula is C23H30NaO10P. The molecule has 3 N–H and O–H groups in total. The summed E-state index contributed by atoms with van der Waals surface area (Å²) in [6.45, 7) is 3.58. The third-order valence-corrected chi connectivity index (χ3v) is 9.75. The number of fused-ring (bicyclic) bond motifs is 5. The van der Waals surface area contributed by atoms with E-state index in [0.29, 0.717) is 24.8 Å². The number of rotatable bonds is 5. The number of phosphoric ester groups is 1. The third-order valence-electron chi connectivity index (χ3n) is 8.84. The van der Waals surface area contributed by atoms with Gasteiger partial charge in [-0.1, -0.05) is 12.5 Å². The van der Waals surface area contributed by atoms with Crippen LogP contribution in [0.1, 0.15) is 52.9 Å². The Balaban J connectivity index is 0.00000342. The van der Waals surface area contributed by atoms with Crippen LogP contribution in [0.25, 0.3) is 0 Å². The Labute approximate surface area is 225 Å². The molecule has 4 aliphatic carbocycles. The van der Waals surface area contributed by atoms with Gasteiger partial charge in [0.15, 0.2) is 11.6 Å². The fourth-order valence-corrected chi connectivity index (χ4v) is 8.25. The minimum Gasteiger partial charge on any atom is -0.736 e. The SMILES string of the molecule is CC(=O)OP(=O)([O-])OC1=CC(=O)C=C2CC[C@@H]3[C@H]([C@@H](O)C[C@@]4(C)[C@H]3CC[C@]4(O)C(=O)CO)[C@]21C.[Na+]. The number of Topliss-reactive ketones (excluding diaryl/α,β-unsaturated/α-hetero) is 1. The van der Waals surface area contributed by atoms with Gasteiger partial charge in [-0.2, -0.15) is 0 Å². The van der Waals surface area contributed by atoms with Gasteiger partial charge in [-0.05, 0) is 56.9 Å². The molecule has 4 aliphatic rings. The average molecular weight is 520 g/mol. The molecule has 188 valence electrons. The molecule has 3 saturated carbocycles. The molecule has 0 radical (unpaired) electrons. The first-order valence-corrected chi connectivity index (χ1v) is 12.9. The number of hydrogen-bond donors (Lipinski definition) is 3. The maximum Gasteiger partial charge on any atom is 1.00 e. The number of carbonyl (C=O) groups is 3. The molecule has 1 unspecified atom stereocenters. The van der Waals surface area contributed by atoms with E-state index in [0.717, 1.165) is 13.0 Å². The van der Waals surface area contributed by atoms with Gasteiger partial charge in [0.2, 0.25) is 0 Å². The van der Waals surface area contributed by atoms with E-state index in [9.17, 15) is 39.2 Å². The summed E-state index contributed by atoms with van der Waals surface area (Å²) in [5.74, 6) is -3.44. The van der Waals surface area contributed by atoms with Crippen LogP contribution in [0.4, 0.5) is 0 Å². The summed E-state index contributed by atoms with van der Waals surface area (Å²) in [5.41, 5.74) is -3.32. The van der Waals surface area contributed by atoms with Crippen LogP contribution in [0.2, 0.25) is 0 Å². The molecule has 0 saturated heterocycles. The Morgan fingerprint density at radius 1 is 1.26 bits per heavy atom. The first-order chi connectivity index (χ1) is 15.7. The average Bonchev–Trinajstić information content (AvgIpc) is 2.98. The van der Waals surface area contributed by atoms with Crippen molar-refractivity contribution in [3.05, 3.63) is 23.5 Å². The molecule has 0 spiro atoms. The van der Waals surface area contributed by atoms with Gasteiger partial charge in [0.1, 0.15) is 18.0 Å². The van der Waals surface area contributed by atoms with Crippen LogP contribution in [-0.2, 0) is 28.0 Å². The Kier molecular flexibility index (Phi) is 7.78. The smallest absolute Gasteiger partial charge is 0.736 e. The van der Waals surface area contributed by atoms with Crippen LogP contribution < -0.4 is 34.5 Å². The minimum atomic E-state index is -5.13. The van der Waals surface area contributed by atoms with Crippen molar-refractivity contribution >= 4 is 25.4 Å². The quantitative estimate of drug-likeness (QED) is 0.270. The summed E-state index contributed by atoms with van der Waals surface area (Å²) >= 11 is 0. The van der Waals surface area contributed by atoms with E-state index in [4.69, 9.17) is 4.52 Å². The largest absolute Gasteiger partial charge is 1.00 e. The van der Waals surface area contributed by atoms with E-state index in [-0.39, 0.29) is 60.0 Å². The van der Waals surface area contributed by atoms with Crippen LogP contribution in [0.5, 0.6) is 0 Å². The third kappa shape index (κ3) is 4.34. The summed E-state index contributed by atoms with van der Waals surface area (Å²) in [4.78, 5) is 48.4. The molecule has 10 nitrogen and oxygen atoms in total. The Morgan fingerprint density at radius 2 is 1.91 bits per heavy atom. The van der Waals surface area contributed by atoms with Gasteiger partial charge >= 0.3 is 43.3 Å². The van der Waals surface area contributed by atoms with Crippen molar-refractivity contribution in [1.29, 1.82) is 0 Å². The zero-order valence-electron chi connectivity index (χ0n) is 20.4. The van der Waals surface area contributed by atoms with Gasteiger partial charge in [0, 0.05) is 24.3 Å². The van der Waals surface area contributed by atoms with Crippen molar-refractivity contribution in [2.45, 2.75) is 64.6 Å². The van der Waals surface area contributed by atoms with Gasteiger partial charge in [0.05, 0.1) is 11.5 Å². The topological polar surface area (TPSA) is 170 Å². The molecule has 35 heavy (non-hydrogen) atoms. The van der Waals surface area contributed by atoms with E-state index in [1.807, 2.05) is 0 Å². The van der Waals surface area contributed by atoms with E-state index >= 15 is 0 Å². The molecule has 8 atom stereocenters.